The molecule has 2 aromatic rings. The molecule has 3 heterocycles. The minimum absolute atomic E-state index is 0.284. The van der Waals surface area contributed by atoms with Crippen LogP contribution >= 0.6 is 22.7 Å². The summed E-state index contributed by atoms with van der Waals surface area (Å²) < 4.78 is 0. The highest BCUT2D eigenvalue weighted by Crippen LogP contribution is 2.12. The van der Waals surface area contributed by atoms with Gasteiger partial charge in [0.05, 0.1) is 15.8 Å². The van der Waals surface area contributed by atoms with Crippen molar-refractivity contribution in [3.8, 4) is 23.7 Å². The molecule has 0 aliphatic carbocycles. The molecule has 0 spiro atoms. The van der Waals surface area contributed by atoms with Crippen molar-refractivity contribution >= 4 is 22.7 Å². The van der Waals surface area contributed by atoms with Gasteiger partial charge in [-0.1, -0.05) is 48.5 Å². The van der Waals surface area contributed by atoms with Gasteiger partial charge in [0, 0.05) is 23.4 Å². The van der Waals surface area contributed by atoms with Crippen molar-refractivity contribution in [1.82, 2.24) is 5.32 Å². The monoisotopic (exact) mass is 374 g/mol. The highest BCUT2D eigenvalue weighted by atomic mass is 32.1. The van der Waals surface area contributed by atoms with Gasteiger partial charge in [-0.15, -0.1) is 22.7 Å². The molecular weight excluding hydrogens is 356 g/mol. The zero-order valence-electron chi connectivity index (χ0n) is 14.2. The largest absolute Gasteiger partial charge is 0.383 e. The van der Waals surface area contributed by atoms with Crippen LogP contribution in [0.2, 0.25) is 0 Å². The molecule has 1 aliphatic rings. The van der Waals surface area contributed by atoms with Crippen LogP contribution in [0.15, 0.2) is 82.8 Å². The van der Waals surface area contributed by atoms with Gasteiger partial charge in [0.15, 0.2) is 0 Å². The van der Waals surface area contributed by atoms with Gasteiger partial charge in [-0.05, 0) is 41.1 Å². The minimum atomic E-state index is -0.284. The molecule has 1 aliphatic heterocycles. The van der Waals surface area contributed by atoms with Crippen LogP contribution in [-0.2, 0) is 0 Å². The van der Waals surface area contributed by atoms with Crippen LogP contribution in [0.5, 0.6) is 0 Å². The van der Waals surface area contributed by atoms with Crippen LogP contribution in [-0.4, -0.2) is 12.6 Å². The first-order chi connectivity index (χ1) is 12.7. The molecule has 2 aromatic heterocycles. The number of dihydropyridines is 1. The Hall–Kier alpha value is -2.76. The van der Waals surface area contributed by atoms with E-state index in [0.717, 1.165) is 26.6 Å². The fourth-order valence-electron chi connectivity index (χ4n) is 2.27. The molecule has 1 atom stereocenters. The van der Waals surface area contributed by atoms with E-state index in [9.17, 15) is 0 Å². The van der Waals surface area contributed by atoms with Crippen LogP contribution in [0.3, 0.4) is 0 Å². The predicted octanol–water partition coefficient (Wildman–Crippen LogP) is 4.07. The Balaban J connectivity index is 1.74. The van der Waals surface area contributed by atoms with Crippen LogP contribution in [0, 0.1) is 23.7 Å². The number of allylic oxidation sites excluding steroid dienone is 4. The summed E-state index contributed by atoms with van der Waals surface area (Å²) in [6, 6.07) is 7.71. The lowest BCUT2D eigenvalue weighted by atomic mass is 10.0. The van der Waals surface area contributed by atoms with E-state index in [2.05, 4.69) is 41.7 Å². The molecule has 0 fully saturated rings. The van der Waals surface area contributed by atoms with Crippen LogP contribution in [0.25, 0.3) is 0 Å². The van der Waals surface area contributed by atoms with E-state index in [-0.39, 0.29) is 6.04 Å². The van der Waals surface area contributed by atoms with Crippen LogP contribution < -0.4 is 11.1 Å². The lowest BCUT2D eigenvalue weighted by Gasteiger charge is -2.18. The maximum absolute atomic E-state index is 6.33. The molecule has 26 heavy (non-hydrogen) atoms. The Labute approximate surface area is 162 Å². The second-order valence-corrected chi connectivity index (χ2v) is 7.34. The highest BCUT2D eigenvalue weighted by Gasteiger charge is 2.10. The van der Waals surface area contributed by atoms with Crippen molar-refractivity contribution in [3.05, 3.63) is 92.5 Å². The average molecular weight is 375 g/mol. The maximum Gasteiger partial charge on any atom is 0.0772 e. The normalized spacial score (nSPS) is 14.6. The molecule has 4 heteroatoms. The summed E-state index contributed by atoms with van der Waals surface area (Å²) in [6.45, 7) is 4.55. The van der Waals surface area contributed by atoms with Gasteiger partial charge in [0.25, 0.3) is 0 Å². The zero-order chi connectivity index (χ0) is 18.2. The van der Waals surface area contributed by atoms with Crippen molar-refractivity contribution in [2.45, 2.75) is 6.04 Å². The first-order valence-corrected chi connectivity index (χ1v) is 9.87. The minimum Gasteiger partial charge on any atom is -0.383 e. The third kappa shape index (κ3) is 5.12. The number of nitrogens with one attached hydrogen (secondary N) is 1. The van der Waals surface area contributed by atoms with Gasteiger partial charge in [0.1, 0.15) is 0 Å². The van der Waals surface area contributed by atoms with Crippen LogP contribution in [0.4, 0.5) is 0 Å². The molecule has 1 unspecified atom stereocenters. The number of hydrogen-bond acceptors (Lipinski definition) is 4. The molecule has 128 valence electrons. The Morgan fingerprint density at radius 2 is 1.88 bits per heavy atom. The lowest BCUT2D eigenvalue weighted by Crippen LogP contribution is -2.32. The Kier molecular flexibility index (Phi) is 6.30. The quantitative estimate of drug-likeness (QED) is 0.628. The molecule has 0 saturated carbocycles. The summed E-state index contributed by atoms with van der Waals surface area (Å²) in [5, 5.41) is 7.34. The van der Waals surface area contributed by atoms with Gasteiger partial charge in [0.2, 0.25) is 0 Å². The average Bonchev–Trinajstić information content (AvgIpc) is 3.37. The number of nitrogens with two attached hydrogens (primary N) is 1. The lowest BCUT2D eigenvalue weighted by molar-refractivity contribution is 0.778. The molecule has 2 nitrogen and oxygen atoms in total. The van der Waals surface area contributed by atoms with E-state index in [1.807, 2.05) is 47.2 Å². The van der Waals surface area contributed by atoms with Gasteiger partial charge in [-0.3, -0.25) is 0 Å². The van der Waals surface area contributed by atoms with Gasteiger partial charge >= 0.3 is 0 Å². The molecule has 0 amide bonds. The molecular formula is C22H18N2S2. The fraction of sp³-hybridized carbons (Fsp3) is 0.0909. The number of hydrogen-bond donors (Lipinski definition) is 2. The molecule has 0 saturated heterocycles. The second kappa shape index (κ2) is 9.08. The third-order valence-electron chi connectivity index (χ3n) is 3.58. The third-order valence-corrected chi connectivity index (χ3v) is 5.15. The van der Waals surface area contributed by atoms with E-state index in [4.69, 9.17) is 5.73 Å². The topological polar surface area (TPSA) is 38.0 Å². The zero-order valence-corrected chi connectivity index (χ0v) is 15.8. The first-order valence-electron chi connectivity index (χ1n) is 8.11. The van der Waals surface area contributed by atoms with Crippen molar-refractivity contribution in [1.29, 1.82) is 0 Å². The highest BCUT2D eigenvalue weighted by molar-refractivity contribution is 7.10. The van der Waals surface area contributed by atoms with E-state index in [0.29, 0.717) is 6.54 Å². The standard InChI is InChI=1S/C22H18N2S2/c1-2-17(7-9-19-5-3-13-25-19)15-21(23)22-16-18(11-12-24-22)8-10-20-6-4-14-26-20/h2-6,11,13-16,21,24H,1,12,23H2/b17-15+. The summed E-state index contributed by atoms with van der Waals surface area (Å²) in [7, 11) is 0. The molecule has 0 aromatic carbocycles. The van der Waals surface area contributed by atoms with Gasteiger partial charge in [-0.2, -0.15) is 0 Å². The molecule has 3 rings (SSSR count). The Morgan fingerprint density at radius 3 is 2.54 bits per heavy atom. The van der Waals surface area contributed by atoms with Crippen molar-refractivity contribution in [2.24, 2.45) is 5.73 Å². The van der Waals surface area contributed by atoms with Crippen molar-refractivity contribution < 1.29 is 0 Å². The fourth-order valence-corrected chi connectivity index (χ4v) is 3.41. The van der Waals surface area contributed by atoms with Crippen molar-refractivity contribution in [3.63, 3.8) is 0 Å². The van der Waals surface area contributed by atoms with Crippen molar-refractivity contribution in [2.75, 3.05) is 6.54 Å². The Morgan fingerprint density at radius 1 is 1.15 bits per heavy atom. The number of thiophene rings is 2. The van der Waals surface area contributed by atoms with E-state index in [1.165, 1.54) is 0 Å². The molecule has 0 bridgehead atoms. The number of rotatable bonds is 3. The summed E-state index contributed by atoms with van der Waals surface area (Å²) in [6.07, 6.45) is 7.71. The predicted molar refractivity (Wildman–Crippen MR) is 113 cm³/mol. The van der Waals surface area contributed by atoms with E-state index >= 15 is 0 Å². The van der Waals surface area contributed by atoms with Crippen LogP contribution in [0.1, 0.15) is 9.75 Å². The summed E-state index contributed by atoms with van der Waals surface area (Å²) in [5.41, 5.74) is 9.05. The Bertz CT molecular complexity index is 967. The maximum atomic E-state index is 6.33. The van der Waals surface area contributed by atoms with E-state index in [1.54, 1.807) is 28.7 Å². The summed E-state index contributed by atoms with van der Waals surface area (Å²) in [4.78, 5) is 2.08. The SMILES string of the molecule is C=C/C(C#Cc1cccs1)=C\C(N)C1=CC(C#Cc2cccs2)=CCN1. The van der Waals surface area contributed by atoms with E-state index < -0.39 is 0 Å². The summed E-state index contributed by atoms with van der Waals surface area (Å²) in [5.74, 6) is 12.6. The van der Waals surface area contributed by atoms with Gasteiger partial charge in [-0.25, -0.2) is 0 Å². The molecule has 0 radical (unpaired) electrons. The molecule has 3 N–H and O–H groups in total. The second-order valence-electron chi connectivity index (χ2n) is 5.45. The smallest absolute Gasteiger partial charge is 0.0772 e. The summed E-state index contributed by atoms with van der Waals surface area (Å²) >= 11 is 3.25. The first kappa shape index (κ1) is 18.0. The van der Waals surface area contributed by atoms with Gasteiger partial charge < -0.3 is 11.1 Å².